The van der Waals surface area contributed by atoms with Crippen molar-refractivity contribution in [1.82, 2.24) is 19.3 Å². The number of unbranched alkanes of at least 4 members (excludes halogenated alkanes) is 2. The van der Waals surface area contributed by atoms with E-state index in [9.17, 15) is 9.59 Å². The van der Waals surface area contributed by atoms with E-state index in [1.807, 2.05) is 4.90 Å². The van der Waals surface area contributed by atoms with Gasteiger partial charge in [0.2, 0.25) is 5.91 Å². The molecular weight excluding hydrogens is 629 g/mol. The quantitative estimate of drug-likeness (QED) is 0.150. The van der Waals surface area contributed by atoms with Crippen molar-refractivity contribution in [3.05, 3.63) is 116 Å². The van der Waals surface area contributed by atoms with Gasteiger partial charge in [-0.15, -0.1) is 0 Å². The Hall–Kier alpha value is -4.16. The summed E-state index contributed by atoms with van der Waals surface area (Å²) in [4.78, 5) is 35.0. The van der Waals surface area contributed by atoms with E-state index in [0.717, 1.165) is 80.2 Å². The third-order valence-electron chi connectivity index (χ3n) is 11.3. The minimum Gasteiger partial charge on any atom is -0.347 e. The molecule has 6 heteroatoms. The second-order valence-corrected chi connectivity index (χ2v) is 15.4. The fourth-order valence-electron chi connectivity index (χ4n) is 8.38. The van der Waals surface area contributed by atoms with E-state index in [0.29, 0.717) is 26.1 Å². The van der Waals surface area contributed by atoms with Gasteiger partial charge in [-0.05, 0) is 123 Å². The van der Waals surface area contributed by atoms with Crippen LogP contribution in [0.1, 0.15) is 107 Å². The van der Waals surface area contributed by atoms with Crippen molar-refractivity contribution >= 4 is 11.8 Å². The summed E-state index contributed by atoms with van der Waals surface area (Å²) in [6.45, 7) is 11.6. The lowest BCUT2D eigenvalue weighted by atomic mass is 9.87. The molecule has 2 aliphatic rings. The zero-order chi connectivity index (χ0) is 36.2. The van der Waals surface area contributed by atoms with Crippen molar-refractivity contribution in [2.45, 2.75) is 111 Å². The maximum absolute atomic E-state index is 15.0. The van der Waals surface area contributed by atoms with Crippen molar-refractivity contribution in [3.63, 3.8) is 0 Å². The molecule has 0 fully saturated rings. The molecule has 1 atom stereocenters. The molecule has 0 saturated heterocycles. The second-order valence-electron chi connectivity index (χ2n) is 15.4. The van der Waals surface area contributed by atoms with Crippen LogP contribution in [-0.2, 0) is 63.6 Å². The maximum atomic E-state index is 15.0. The summed E-state index contributed by atoms with van der Waals surface area (Å²) in [7, 11) is 6.32. The number of carbonyl (C=O) groups excluding carboxylic acids is 2. The number of hydrogen-bond acceptors (Lipinski definition) is 3. The van der Waals surface area contributed by atoms with Crippen LogP contribution in [0.3, 0.4) is 0 Å². The highest BCUT2D eigenvalue weighted by atomic mass is 16.2. The molecule has 0 bridgehead atoms. The molecule has 6 rings (SSSR count). The lowest BCUT2D eigenvalue weighted by molar-refractivity contribution is -0.131. The lowest BCUT2D eigenvalue weighted by Gasteiger charge is -2.36. The predicted octanol–water partition coefficient (Wildman–Crippen LogP) is 8.46. The van der Waals surface area contributed by atoms with Crippen LogP contribution in [0.5, 0.6) is 0 Å². The van der Waals surface area contributed by atoms with Gasteiger partial charge in [-0.1, -0.05) is 75.2 Å². The van der Waals surface area contributed by atoms with Gasteiger partial charge >= 0.3 is 0 Å². The van der Waals surface area contributed by atoms with E-state index < -0.39 is 0 Å². The molecule has 0 saturated carbocycles. The normalized spacial score (nSPS) is 15.6. The summed E-state index contributed by atoms with van der Waals surface area (Å²) in [5, 5.41) is 0. The van der Waals surface area contributed by atoms with Gasteiger partial charge in [-0.25, -0.2) is 0 Å². The van der Waals surface area contributed by atoms with E-state index in [4.69, 9.17) is 0 Å². The summed E-state index contributed by atoms with van der Waals surface area (Å²) >= 11 is 0. The van der Waals surface area contributed by atoms with Crippen LogP contribution in [0.25, 0.3) is 11.3 Å². The fraction of sp³-hybridized carbons (Fsp3) is 0.467. The second kappa shape index (κ2) is 16.0. The molecule has 2 aliphatic heterocycles. The molecular formula is C45H58N4O2. The first kappa shape index (κ1) is 36.6. The molecule has 1 aromatic heterocycles. The van der Waals surface area contributed by atoms with E-state index in [1.54, 1.807) is 0 Å². The smallest absolute Gasteiger partial charge is 0.255 e. The Kier molecular flexibility index (Phi) is 11.5. The van der Waals surface area contributed by atoms with E-state index in [-0.39, 0.29) is 17.9 Å². The molecule has 6 nitrogen and oxygen atoms in total. The fourth-order valence-corrected chi connectivity index (χ4v) is 8.38. The number of hydrogen-bond donors (Lipinski definition) is 0. The highest BCUT2D eigenvalue weighted by molar-refractivity contribution is 6.02. The third-order valence-corrected chi connectivity index (χ3v) is 11.3. The molecule has 0 aliphatic carbocycles. The van der Waals surface area contributed by atoms with E-state index in [2.05, 4.69) is 124 Å². The Balaban J connectivity index is 1.40. The first-order valence-corrected chi connectivity index (χ1v) is 19.3. The monoisotopic (exact) mass is 686 g/mol. The van der Waals surface area contributed by atoms with Crippen molar-refractivity contribution < 1.29 is 9.59 Å². The van der Waals surface area contributed by atoms with Gasteiger partial charge < -0.3 is 19.3 Å². The van der Waals surface area contributed by atoms with Gasteiger partial charge in [0.1, 0.15) is 0 Å². The molecule has 2 amide bonds. The minimum atomic E-state index is 0.0892. The Labute approximate surface area is 306 Å². The molecule has 3 heterocycles. The SMILES string of the molecule is CCCCc1c(CCCC)c(-c2cc3c(cc2C(=O)N2Cc4ccccc4C[C@H]2C)CN(C(=O)Cc2cccc(CN(C)C)c2)CC3)n(C)c1C. The zero-order valence-electron chi connectivity index (χ0n) is 32.1. The molecule has 0 spiro atoms. The standard InChI is InChI=1S/C45H58N4O2/c1-8-10-19-39-32(4)47(7)44(40(39)20-11-9-2)41-26-36-21-22-48(43(50)25-33-15-14-16-34(24-33)28-46(5)6)29-38(36)27-42(41)45(51)49-30-37-18-13-12-17-35(37)23-31(49)3/h12-18,24,26-27,31H,8-11,19-23,25,28-30H2,1-7H3/t31-/m1/s1. The van der Waals surface area contributed by atoms with Crippen LogP contribution in [0, 0.1) is 6.92 Å². The van der Waals surface area contributed by atoms with E-state index >= 15 is 0 Å². The third kappa shape index (κ3) is 7.86. The van der Waals surface area contributed by atoms with Crippen molar-refractivity contribution in [2.75, 3.05) is 20.6 Å². The van der Waals surface area contributed by atoms with Crippen molar-refractivity contribution in [1.29, 1.82) is 0 Å². The van der Waals surface area contributed by atoms with Gasteiger partial charge in [0.15, 0.2) is 0 Å². The highest BCUT2D eigenvalue weighted by Gasteiger charge is 2.33. The Bertz CT molecular complexity index is 1890. The van der Waals surface area contributed by atoms with Gasteiger partial charge in [0.05, 0.1) is 12.1 Å². The largest absolute Gasteiger partial charge is 0.347 e. The van der Waals surface area contributed by atoms with Crippen LogP contribution in [0.15, 0.2) is 60.7 Å². The number of nitrogens with zero attached hydrogens (tertiary/aromatic N) is 4. The topological polar surface area (TPSA) is 48.8 Å². The van der Waals surface area contributed by atoms with Crippen LogP contribution in [0.2, 0.25) is 0 Å². The minimum absolute atomic E-state index is 0.0892. The molecule has 51 heavy (non-hydrogen) atoms. The summed E-state index contributed by atoms with van der Waals surface area (Å²) in [5.41, 5.74) is 14.4. The Morgan fingerprint density at radius 1 is 0.824 bits per heavy atom. The number of benzene rings is 3. The molecule has 0 radical (unpaired) electrons. The van der Waals surface area contributed by atoms with Crippen LogP contribution in [-0.4, -0.2) is 57.8 Å². The van der Waals surface area contributed by atoms with Crippen LogP contribution < -0.4 is 0 Å². The van der Waals surface area contributed by atoms with Gasteiger partial charge in [0, 0.05) is 56.1 Å². The Morgan fingerprint density at radius 2 is 1.53 bits per heavy atom. The van der Waals surface area contributed by atoms with Crippen molar-refractivity contribution in [2.24, 2.45) is 7.05 Å². The molecule has 0 unspecified atom stereocenters. The van der Waals surface area contributed by atoms with Crippen LogP contribution in [0.4, 0.5) is 0 Å². The average molecular weight is 687 g/mol. The van der Waals surface area contributed by atoms with Gasteiger partial charge in [0.25, 0.3) is 5.91 Å². The first-order valence-electron chi connectivity index (χ1n) is 19.3. The van der Waals surface area contributed by atoms with Gasteiger partial charge in [-0.2, -0.15) is 0 Å². The van der Waals surface area contributed by atoms with Gasteiger partial charge in [-0.3, -0.25) is 9.59 Å². The average Bonchev–Trinajstić information content (AvgIpc) is 3.35. The molecule has 3 aromatic carbocycles. The summed E-state index contributed by atoms with van der Waals surface area (Å²) in [6.07, 6.45) is 8.68. The number of rotatable bonds is 12. The lowest BCUT2D eigenvalue weighted by Crippen LogP contribution is -2.43. The number of amides is 2. The number of aromatic nitrogens is 1. The number of carbonyl (C=O) groups is 2. The molecule has 4 aromatic rings. The molecule has 270 valence electrons. The summed E-state index contributed by atoms with van der Waals surface area (Å²) < 4.78 is 2.37. The Morgan fingerprint density at radius 3 is 2.25 bits per heavy atom. The first-order chi connectivity index (χ1) is 24.6. The highest BCUT2D eigenvalue weighted by Crippen LogP contribution is 2.39. The van der Waals surface area contributed by atoms with Crippen LogP contribution >= 0.6 is 0 Å². The zero-order valence-corrected chi connectivity index (χ0v) is 32.1. The number of fused-ring (bicyclic) bond motifs is 2. The predicted molar refractivity (Wildman–Crippen MR) is 209 cm³/mol. The van der Waals surface area contributed by atoms with Crippen molar-refractivity contribution in [3.8, 4) is 11.3 Å². The summed E-state index contributed by atoms with van der Waals surface area (Å²) in [5.74, 6) is 0.229. The maximum Gasteiger partial charge on any atom is 0.255 e. The van der Waals surface area contributed by atoms with E-state index in [1.165, 1.54) is 44.8 Å². The molecule has 0 N–H and O–H groups in total. The summed E-state index contributed by atoms with van der Waals surface area (Å²) in [6, 6.07) is 21.5.